The normalized spacial score (nSPS) is 20.8. The number of rotatable bonds is 5. The van der Waals surface area contributed by atoms with Crippen molar-refractivity contribution in [3.05, 3.63) is 35.9 Å². The Morgan fingerprint density at radius 3 is 2.42 bits per heavy atom. The van der Waals surface area contributed by atoms with E-state index < -0.39 is 0 Å². The lowest BCUT2D eigenvalue weighted by molar-refractivity contribution is -0.124. The quantitative estimate of drug-likeness (QED) is 0.837. The number of hydrogen-bond donors (Lipinski definition) is 2. The smallest absolute Gasteiger partial charge is 0.220 e. The maximum atomic E-state index is 12.6. The molecule has 3 rings (SSSR count). The molecular formula is C20H31ClN2O. The van der Waals surface area contributed by atoms with Crippen LogP contribution < -0.4 is 10.6 Å². The highest BCUT2D eigenvalue weighted by Gasteiger charge is 2.35. The Bertz CT molecular complexity index is 494. The zero-order chi connectivity index (χ0) is 16.0. The summed E-state index contributed by atoms with van der Waals surface area (Å²) in [5.74, 6) is 0.968. The van der Waals surface area contributed by atoms with Crippen LogP contribution in [0.5, 0.6) is 0 Å². The van der Waals surface area contributed by atoms with Gasteiger partial charge in [-0.3, -0.25) is 4.79 Å². The lowest BCUT2D eigenvalue weighted by Gasteiger charge is -2.39. The van der Waals surface area contributed by atoms with E-state index in [0.717, 1.165) is 38.3 Å². The second-order valence-corrected chi connectivity index (χ2v) is 7.29. The average molecular weight is 351 g/mol. The molecule has 24 heavy (non-hydrogen) atoms. The predicted octanol–water partition coefficient (Wildman–Crippen LogP) is 4.16. The van der Waals surface area contributed by atoms with Crippen molar-refractivity contribution in [2.75, 3.05) is 13.1 Å². The Kier molecular flexibility index (Phi) is 7.57. The van der Waals surface area contributed by atoms with Crippen LogP contribution >= 0.6 is 12.4 Å². The zero-order valence-electron chi connectivity index (χ0n) is 14.6. The lowest BCUT2D eigenvalue weighted by atomic mass is 9.76. The first-order valence-electron chi connectivity index (χ1n) is 9.36. The maximum absolute atomic E-state index is 12.6. The number of amides is 1. The van der Waals surface area contributed by atoms with Crippen LogP contribution in [0.3, 0.4) is 0 Å². The first-order chi connectivity index (χ1) is 11.3. The van der Waals surface area contributed by atoms with E-state index in [0.29, 0.717) is 6.42 Å². The number of benzene rings is 1. The first-order valence-corrected chi connectivity index (χ1v) is 9.36. The molecule has 2 fully saturated rings. The summed E-state index contributed by atoms with van der Waals surface area (Å²) in [6, 6.07) is 10.6. The first kappa shape index (κ1) is 19.3. The van der Waals surface area contributed by atoms with Gasteiger partial charge in [0.1, 0.15) is 0 Å². The average Bonchev–Trinajstić information content (AvgIpc) is 2.62. The Morgan fingerprint density at radius 1 is 1.08 bits per heavy atom. The van der Waals surface area contributed by atoms with E-state index in [1.807, 2.05) is 0 Å². The highest BCUT2D eigenvalue weighted by atomic mass is 35.5. The number of hydrogen-bond acceptors (Lipinski definition) is 2. The van der Waals surface area contributed by atoms with Gasteiger partial charge in [0.2, 0.25) is 5.91 Å². The van der Waals surface area contributed by atoms with Crippen molar-refractivity contribution in [2.24, 2.45) is 5.92 Å². The van der Waals surface area contributed by atoms with Crippen molar-refractivity contribution >= 4 is 18.3 Å². The van der Waals surface area contributed by atoms with Crippen molar-refractivity contribution in [1.82, 2.24) is 10.6 Å². The lowest BCUT2D eigenvalue weighted by Crippen LogP contribution is -2.47. The third-order valence-corrected chi connectivity index (χ3v) is 5.65. The molecule has 1 aromatic carbocycles. The Morgan fingerprint density at radius 2 is 1.75 bits per heavy atom. The van der Waals surface area contributed by atoms with Crippen LogP contribution in [0.25, 0.3) is 0 Å². The summed E-state index contributed by atoms with van der Waals surface area (Å²) in [4.78, 5) is 12.6. The van der Waals surface area contributed by atoms with Gasteiger partial charge in [-0.1, -0.05) is 49.6 Å². The van der Waals surface area contributed by atoms with Crippen molar-refractivity contribution in [3.8, 4) is 0 Å². The highest BCUT2D eigenvalue weighted by Crippen LogP contribution is 2.37. The molecule has 1 heterocycles. The number of nitrogens with one attached hydrogen (secondary N) is 2. The van der Waals surface area contributed by atoms with Crippen molar-refractivity contribution in [1.29, 1.82) is 0 Å². The largest absolute Gasteiger partial charge is 0.347 e. The zero-order valence-corrected chi connectivity index (χ0v) is 15.4. The van der Waals surface area contributed by atoms with Gasteiger partial charge in [-0.15, -0.1) is 12.4 Å². The molecule has 1 amide bonds. The van der Waals surface area contributed by atoms with Crippen LogP contribution in [0.2, 0.25) is 0 Å². The molecule has 0 radical (unpaired) electrons. The number of piperidine rings is 1. The van der Waals surface area contributed by atoms with Crippen molar-refractivity contribution < 1.29 is 4.79 Å². The van der Waals surface area contributed by atoms with Crippen molar-refractivity contribution in [3.63, 3.8) is 0 Å². The molecule has 1 saturated heterocycles. The van der Waals surface area contributed by atoms with E-state index in [-0.39, 0.29) is 23.9 Å². The minimum Gasteiger partial charge on any atom is -0.347 e. The van der Waals surface area contributed by atoms with Gasteiger partial charge in [-0.2, -0.15) is 0 Å². The molecule has 1 aliphatic heterocycles. The van der Waals surface area contributed by atoms with Gasteiger partial charge in [0.05, 0.1) is 5.54 Å². The SMILES string of the molecule is Cl.O=C(CCC1CCNCC1)NC1(c2ccccc2)CCCCC1. The Hall–Kier alpha value is -1.06. The fourth-order valence-electron chi connectivity index (χ4n) is 4.23. The van der Waals surface area contributed by atoms with E-state index in [2.05, 4.69) is 41.0 Å². The van der Waals surface area contributed by atoms with Gasteiger partial charge in [-0.25, -0.2) is 0 Å². The summed E-state index contributed by atoms with van der Waals surface area (Å²) in [5.41, 5.74) is 1.17. The molecule has 1 aliphatic carbocycles. The third kappa shape index (κ3) is 4.97. The summed E-state index contributed by atoms with van der Waals surface area (Å²) in [6.07, 6.45) is 10.0. The van der Waals surface area contributed by atoms with Crippen LogP contribution in [0, 0.1) is 5.92 Å². The van der Waals surface area contributed by atoms with E-state index in [4.69, 9.17) is 0 Å². The molecular weight excluding hydrogens is 320 g/mol. The monoisotopic (exact) mass is 350 g/mol. The summed E-state index contributed by atoms with van der Waals surface area (Å²) in [6.45, 7) is 2.22. The molecule has 0 aromatic heterocycles. The van der Waals surface area contributed by atoms with Gasteiger partial charge in [0.15, 0.2) is 0 Å². The van der Waals surface area contributed by atoms with Gasteiger partial charge in [-0.05, 0) is 56.7 Å². The molecule has 0 atom stereocenters. The van der Waals surface area contributed by atoms with Gasteiger partial charge in [0.25, 0.3) is 0 Å². The van der Waals surface area contributed by atoms with E-state index >= 15 is 0 Å². The highest BCUT2D eigenvalue weighted by molar-refractivity contribution is 5.85. The summed E-state index contributed by atoms with van der Waals surface area (Å²) >= 11 is 0. The Labute approximate surface area is 152 Å². The van der Waals surface area contributed by atoms with Crippen LogP contribution in [0.4, 0.5) is 0 Å². The number of carbonyl (C=O) groups excluding carboxylic acids is 1. The molecule has 0 bridgehead atoms. The van der Waals surface area contributed by atoms with Gasteiger partial charge < -0.3 is 10.6 Å². The van der Waals surface area contributed by atoms with Crippen LogP contribution in [0.1, 0.15) is 63.4 Å². The minimum absolute atomic E-state index is 0. The molecule has 134 valence electrons. The molecule has 2 aliphatic rings. The topological polar surface area (TPSA) is 41.1 Å². The maximum Gasteiger partial charge on any atom is 0.220 e. The molecule has 0 unspecified atom stereocenters. The van der Waals surface area contributed by atoms with Gasteiger partial charge >= 0.3 is 0 Å². The number of halogens is 1. The van der Waals surface area contributed by atoms with Crippen molar-refractivity contribution in [2.45, 2.75) is 63.3 Å². The summed E-state index contributed by atoms with van der Waals surface area (Å²) in [7, 11) is 0. The van der Waals surface area contributed by atoms with Crippen LogP contribution in [-0.4, -0.2) is 19.0 Å². The van der Waals surface area contributed by atoms with Crippen LogP contribution in [0.15, 0.2) is 30.3 Å². The molecule has 1 aromatic rings. The Balaban J connectivity index is 0.00000208. The predicted molar refractivity (Wildman–Crippen MR) is 101 cm³/mol. The van der Waals surface area contributed by atoms with Gasteiger partial charge in [0, 0.05) is 6.42 Å². The standard InChI is InChI=1S/C20H30N2O.ClH/c23-19(10-9-17-11-15-21-16-12-17)22-20(13-5-2-6-14-20)18-7-3-1-4-8-18;/h1,3-4,7-8,17,21H,2,5-6,9-16H2,(H,22,23);1H. The summed E-state index contributed by atoms with van der Waals surface area (Å²) in [5, 5.41) is 6.83. The second kappa shape index (κ2) is 9.43. The van der Waals surface area contributed by atoms with Crippen LogP contribution in [-0.2, 0) is 10.3 Å². The third-order valence-electron chi connectivity index (χ3n) is 5.65. The fraction of sp³-hybridized carbons (Fsp3) is 0.650. The molecule has 4 heteroatoms. The summed E-state index contributed by atoms with van der Waals surface area (Å²) < 4.78 is 0. The minimum atomic E-state index is -0.120. The number of carbonyl (C=O) groups is 1. The molecule has 3 nitrogen and oxygen atoms in total. The van der Waals surface area contributed by atoms with E-state index in [1.54, 1.807) is 0 Å². The molecule has 2 N–H and O–H groups in total. The fourth-order valence-corrected chi connectivity index (χ4v) is 4.23. The van der Waals surface area contributed by atoms with E-state index in [1.165, 1.54) is 37.7 Å². The molecule has 0 spiro atoms. The molecule has 1 saturated carbocycles. The van der Waals surface area contributed by atoms with E-state index in [9.17, 15) is 4.79 Å². The second-order valence-electron chi connectivity index (χ2n) is 7.29.